The van der Waals surface area contributed by atoms with E-state index in [2.05, 4.69) is 33.0 Å². The fraction of sp³-hybridized carbons (Fsp3) is 1.00. The molecule has 0 saturated heterocycles. The summed E-state index contributed by atoms with van der Waals surface area (Å²) in [5.74, 6) is 0. The zero-order valence-electron chi connectivity index (χ0n) is 13.1. The topological polar surface area (TPSA) is 21.3 Å². The molecule has 0 spiro atoms. The van der Waals surface area contributed by atoms with E-state index in [9.17, 15) is 0 Å². The molecule has 1 unspecified atom stereocenters. The first kappa shape index (κ1) is 16.0. The molecule has 0 aromatic heterocycles. The summed E-state index contributed by atoms with van der Waals surface area (Å²) in [4.78, 5) is 0. The molecule has 0 bridgehead atoms. The molecule has 0 aromatic rings. The molecular weight excluding hydrogens is 222 g/mol. The van der Waals surface area contributed by atoms with Crippen molar-refractivity contribution in [3.05, 3.63) is 0 Å². The molecular formula is C16H33NO. The van der Waals surface area contributed by atoms with Gasteiger partial charge in [0.25, 0.3) is 0 Å². The van der Waals surface area contributed by atoms with E-state index in [1.807, 2.05) is 7.11 Å². The van der Waals surface area contributed by atoms with Crippen LogP contribution in [0, 0.1) is 5.41 Å². The molecule has 0 amide bonds. The lowest BCUT2D eigenvalue weighted by Gasteiger charge is -2.42. The third kappa shape index (κ3) is 4.55. The maximum atomic E-state index is 5.56. The average molecular weight is 255 g/mol. The predicted octanol–water partition coefficient (Wildman–Crippen LogP) is 4.14. The van der Waals surface area contributed by atoms with E-state index < -0.39 is 0 Å². The molecule has 1 fully saturated rings. The normalized spacial score (nSPS) is 21.8. The Morgan fingerprint density at radius 1 is 1.22 bits per heavy atom. The van der Waals surface area contributed by atoms with Crippen LogP contribution in [-0.4, -0.2) is 25.3 Å². The number of rotatable bonds is 7. The Balaban J connectivity index is 2.58. The van der Waals surface area contributed by atoms with Crippen LogP contribution in [0.4, 0.5) is 0 Å². The van der Waals surface area contributed by atoms with Gasteiger partial charge in [0.2, 0.25) is 0 Å². The number of hydrogen-bond acceptors (Lipinski definition) is 2. The summed E-state index contributed by atoms with van der Waals surface area (Å²) in [6.07, 6.45) is 9.38. The molecule has 2 nitrogen and oxygen atoms in total. The Morgan fingerprint density at radius 2 is 1.83 bits per heavy atom. The second-order valence-corrected chi connectivity index (χ2v) is 6.83. The van der Waals surface area contributed by atoms with Gasteiger partial charge in [0.05, 0.1) is 5.60 Å². The van der Waals surface area contributed by atoms with Crippen LogP contribution in [0.1, 0.15) is 72.6 Å². The Labute approximate surface area is 114 Å². The fourth-order valence-electron chi connectivity index (χ4n) is 3.25. The van der Waals surface area contributed by atoms with Crippen LogP contribution >= 0.6 is 0 Å². The van der Waals surface area contributed by atoms with Crippen LogP contribution in [0.3, 0.4) is 0 Å². The minimum atomic E-state index is 0.0126. The van der Waals surface area contributed by atoms with Gasteiger partial charge in [-0.1, -0.05) is 33.1 Å². The molecule has 0 radical (unpaired) electrons. The van der Waals surface area contributed by atoms with E-state index in [0.29, 0.717) is 11.5 Å². The Hall–Kier alpha value is -0.0800. The third-order valence-corrected chi connectivity index (χ3v) is 4.88. The minimum Gasteiger partial charge on any atom is -0.379 e. The molecule has 0 aliphatic heterocycles. The smallest absolute Gasteiger partial charge is 0.0623 e. The highest BCUT2D eigenvalue weighted by Crippen LogP contribution is 2.40. The van der Waals surface area contributed by atoms with E-state index in [4.69, 9.17) is 4.74 Å². The summed E-state index contributed by atoms with van der Waals surface area (Å²) in [5.41, 5.74) is 0.511. The molecule has 1 aliphatic carbocycles. The third-order valence-electron chi connectivity index (χ3n) is 4.88. The number of ether oxygens (including phenoxy) is 1. The summed E-state index contributed by atoms with van der Waals surface area (Å²) in [6.45, 7) is 10.2. The standard InChI is InChI=1S/C16H33NO/c1-6-17-14(10-13-15(2,3)18-5)16(4)11-8-7-9-12-16/h14,17H,6-13H2,1-5H3. The van der Waals surface area contributed by atoms with Crippen LogP contribution in [0.2, 0.25) is 0 Å². The molecule has 0 aromatic carbocycles. The zero-order valence-corrected chi connectivity index (χ0v) is 13.1. The highest BCUT2D eigenvalue weighted by atomic mass is 16.5. The highest BCUT2D eigenvalue weighted by molar-refractivity contribution is 4.91. The van der Waals surface area contributed by atoms with Gasteiger partial charge >= 0.3 is 0 Å². The molecule has 1 N–H and O–H groups in total. The highest BCUT2D eigenvalue weighted by Gasteiger charge is 2.35. The van der Waals surface area contributed by atoms with Crippen LogP contribution < -0.4 is 5.32 Å². The van der Waals surface area contributed by atoms with Gasteiger partial charge in [-0.25, -0.2) is 0 Å². The van der Waals surface area contributed by atoms with Crippen molar-refractivity contribution in [2.24, 2.45) is 5.41 Å². The van der Waals surface area contributed by atoms with Crippen LogP contribution in [0.25, 0.3) is 0 Å². The summed E-state index contributed by atoms with van der Waals surface area (Å²) < 4.78 is 5.56. The molecule has 18 heavy (non-hydrogen) atoms. The molecule has 1 aliphatic rings. The van der Waals surface area contributed by atoms with Gasteiger partial charge in [-0.15, -0.1) is 0 Å². The Kier molecular flexibility index (Phi) is 6.13. The maximum absolute atomic E-state index is 5.56. The first-order chi connectivity index (χ1) is 8.43. The van der Waals surface area contributed by atoms with Crippen molar-refractivity contribution < 1.29 is 4.74 Å². The monoisotopic (exact) mass is 255 g/mol. The fourth-order valence-corrected chi connectivity index (χ4v) is 3.25. The lowest BCUT2D eigenvalue weighted by atomic mass is 9.69. The quantitative estimate of drug-likeness (QED) is 0.738. The van der Waals surface area contributed by atoms with Crippen LogP contribution in [-0.2, 0) is 4.74 Å². The summed E-state index contributed by atoms with van der Waals surface area (Å²) in [5, 5.41) is 3.73. The van der Waals surface area contributed by atoms with Gasteiger partial charge in [0.1, 0.15) is 0 Å². The first-order valence-electron chi connectivity index (χ1n) is 7.72. The number of methoxy groups -OCH3 is 1. The van der Waals surface area contributed by atoms with Gasteiger partial charge in [-0.2, -0.15) is 0 Å². The Bertz CT molecular complexity index is 231. The van der Waals surface area contributed by atoms with Crippen molar-refractivity contribution in [2.45, 2.75) is 84.3 Å². The van der Waals surface area contributed by atoms with E-state index in [1.54, 1.807) is 0 Å². The van der Waals surface area contributed by atoms with Crippen LogP contribution in [0.15, 0.2) is 0 Å². The molecule has 0 heterocycles. The number of hydrogen-bond donors (Lipinski definition) is 1. The first-order valence-corrected chi connectivity index (χ1v) is 7.72. The lowest BCUT2D eigenvalue weighted by molar-refractivity contribution is 0.00537. The number of nitrogens with one attached hydrogen (secondary N) is 1. The largest absolute Gasteiger partial charge is 0.379 e. The molecule has 1 saturated carbocycles. The molecule has 1 atom stereocenters. The van der Waals surface area contributed by atoms with E-state index >= 15 is 0 Å². The van der Waals surface area contributed by atoms with Gasteiger partial charge in [-0.3, -0.25) is 0 Å². The van der Waals surface area contributed by atoms with E-state index in [-0.39, 0.29) is 5.60 Å². The van der Waals surface area contributed by atoms with Crippen molar-refractivity contribution in [3.63, 3.8) is 0 Å². The van der Waals surface area contributed by atoms with Crippen molar-refractivity contribution >= 4 is 0 Å². The van der Waals surface area contributed by atoms with Crippen molar-refractivity contribution in [1.82, 2.24) is 5.32 Å². The van der Waals surface area contributed by atoms with Gasteiger partial charge < -0.3 is 10.1 Å². The summed E-state index contributed by atoms with van der Waals surface area (Å²) >= 11 is 0. The molecule has 1 rings (SSSR count). The van der Waals surface area contributed by atoms with Gasteiger partial charge in [-0.05, 0) is 51.5 Å². The minimum absolute atomic E-state index is 0.0126. The second kappa shape index (κ2) is 6.91. The van der Waals surface area contributed by atoms with Crippen molar-refractivity contribution in [3.8, 4) is 0 Å². The van der Waals surface area contributed by atoms with E-state index in [0.717, 1.165) is 13.0 Å². The Morgan fingerprint density at radius 3 is 2.33 bits per heavy atom. The second-order valence-electron chi connectivity index (χ2n) is 6.83. The van der Waals surface area contributed by atoms with Gasteiger partial charge in [0.15, 0.2) is 0 Å². The average Bonchev–Trinajstić information content (AvgIpc) is 2.35. The summed E-state index contributed by atoms with van der Waals surface area (Å²) in [6, 6.07) is 0.650. The summed E-state index contributed by atoms with van der Waals surface area (Å²) in [7, 11) is 1.82. The predicted molar refractivity (Wildman–Crippen MR) is 79.0 cm³/mol. The van der Waals surface area contributed by atoms with Crippen LogP contribution in [0.5, 0.6) is 0 Å². The van der Waals surface area contributed by atoms with Gasteiger partial charge in [0, 0.05) is 13.2 Å². The SMILES string of the molecule is CCNC(CCC(C)(C)OC)C1(C)CCCCC1. The lowest BCUT2D eigenvalue weighted by Crippen LogP contribution is -2.45. The van der Waals surface area contributed by atoms with Crippen molar-refractivity contribution in [1.29, 1.82) is 0 Å². The maximum Gasteiger partial charge on any atom is 0.0623 e. The van der Waals surface area contributed by atoms with E-state index in [1.165, 1.54) is 38.5 Å². The molecule has 108 valence electrons. The molecule has 2 heteroatoms. The zero-order chi connectivity index (χ0) is 13.6. The van der Waals surface area contributed by atoms with Crippen molar-refractivity contribution in [2.75, 3.05) is 13.7 Å².